The van der Waals surface area contributed by atoms with Gasteiger partial charge in [0.15, 0.2) is 5.96 Å². The lowest BCUT2D eigenvalue weighted by Crippen LogP contribution is -2.40. The lowest BCUT2D eigenvalue weighted by Gasteiger charge is -2.15. The number of ether oxygens (including phenoxy) is 1. The SMILES string of the molecule is CCc1nncn1CCNC(=NCC1CCCO1)NCCCn1nc(C)cc1C. The fourth-order valence-electron chi connectivity index (χ4n) is 3.53. The zero-order chi connectivity index (χ0) is 20.5. The molecule has 1 aliphatic rings. The first-order chi connectivity index (χ1) is 14.2. The van der Waals surface area contributed by atoms with Crippen LogP contribution in [0.2, 0.25) is 0 Å². The second kappa shape index (κ2) is 10.9. The van der Waals surface area contributed by atoms with E-state index in [4.69, 9.17) is 9.73 Å². The van der Waals surface area contributed by atoms with Crippen molar-refractivity contribution in [1.29, 1.82) is 0 Å². The first-order valence-corrected chi connectivity index (χ1v) is 10.7. The van der Waals surface area contributed by atoms with E-state index in [1.807, 2.05) is 6.92 Å². The molecule has 9 nitrogen and oxygen atoms in total. The quantitative estimate of drug-likeness (QED) is 0.355. The Bertz CT molecular complexity index is 775. The standard InChI is InChI=1S/C20H34N8O/c1-4-19-25-24-15-27(19)11-9-22-20(23-14-18-7-5-12-29-18)21-8-6-10-28-17(3)13-16(2)26-28/h13,15,18H,4-12,14H2,1-3H3,(H2,21,22,23). The van der Waals surface area contributed by atoms with Crippen LogP contribution in [0.4, 0.5) is 0 Å². The van der Waals surface area contributed by atoms with Crippen molar-refractivity contribution in [2.45, 2.75) is 65.6 Å². The molecule has 29 heavy (non-hydrogen) atoms. The molecule has 1 saturated heterocycles. The van der Waals surface area contributed by atoms with Gasteiger partial charge in [-0.2, -0.15) is 5.10 Å². The maximum absolute atomic E-state index is 5.70. The van der Waals surface area contributed by atoms with E-state index < -0.39 is 0 Å². The summed E-state index contributed by atoms with van der Waals surface area (Å²) >= 11 is 0. The molecule has 1 unspecified atom stereocenters. The predicted molar refractivity (Wildman–Crippen MR) is 113 cm³/mol. The summed E-state index contributed by atoms with van der Waals surface area (Å²) in [6, 6.07) is 2.11. The van der Waals surface area contributed by atoms with Crippen LogP contribution in [0, 0.1) is 13.8 Å². The summed E-state index contributed by atoms with van der Waals surface area (Å²) in [6.07, 6.45) is 6.11. The number of aliphatic imine (C=N–C) groups is 1. The molecule has 9 heteroatoms. The van der Waals surface area contributed by atoms with Crippen LogP contribution in [0.3, 0.4) is 0 Å². The zero-order valence-electron chi connectivity index (χ0n) is 17.9. The van der Waals surface area contributed by atoms with Crippen LogP contribution >= 0.6 is 0 Å². The Labute approximate surface area is 172 Å². The summed E-state index contributed by atoms with van der Waals surface area (Å²) in [4.78, 5) is 4.74. The van der Waals surface area contributed by atoms with Crippen molar-refractivity contribution in [1.82, 2.24) is 35.2 Å². The van der Waals surface area contributed by atoms with Crippen molar-refractivity contribution in [3.05, 3.63) is 29.6 Å². The van der Waals surface area contributed by atoms with E-state index in [1.165, 1.54) is 5.69 Å². The van der Waals surface area contributed by atoms with E-state index in [-0.39, 0.29) is 6.10 Å². The maximum Gasteiger partial charge on any atom is 0.191 e. The zero-order valence-corrected chi connectivity index (χ0v) is 17.9. The highest BCUT2D eigenvalue weighted by atomic mass is 16.5. The van der Waals surface area contributed by atoms with Crippen LogP contribution in [0.1, 0.15) is 43.4 Å². The summed E-state index contributed by atoms with van der Waals surface area (Å²) in [5.74, 6) is 1.84. The molecule has 3 heterocycles. The van der Waals surface area contributed by atoms with Gasteiger partial charge in [0.25, 0.3) is 0 Å². The molecule has 1 fully saturated rings. The predicted octanol–water partition coefficient (Wildman–Crippen LogP) is 1.46. The van der Waals surface area contributed by atoms with Crippen molar-refractivity contribution >= 4 is 5.96 Å². The largest absolute Gasteiger partial charge is 0.376 e. The Kier molecular flexibility index (Phi) is 8.03. The normalized spacial score (nSPS) is 17.1. The third kappa shape index (κ3) is 6.56. The Morgan fingerprint density at radius 1 is 1.28 bits per heavy atom. The smallest absolute Gasteiger partial charge is 0.191 e. The average molecular weight is 403 g/mol. The molecule has 2 N–H and O–H groups in total. The summed E-state index contributed by atoms with van der Waals surface area (Å²) in [5, 5.41) is 19.5. The number of aromatic nitrogens is 5. The Hall–Kier alpha value is -2.42. The molecule has 0 aromatic carbocycles. The molecule has 0 radical (unpaired) electrons. The van der Waals surface area contributed by atoms with Crippen LogP contribution in [-0.4, -0.2) is 62.8 Å². The molecule has 0 saturated carbocycles. The van der Waals surface area contributed by atoms with E-state index in [2.05, 4.69) is 55.1 Å². The van der Waals surface area contributed by atoms with Gasteiger partial charge in [-0.05, 0) is 39.2 Å². The van der Waals surface area contributed by atoms with E-state index in [1.54, 1.807) is 6.33 Å². The van der Waals surface area contributed by atoms with Crippen molar-refractivity contribution in [2.24, 2.45) is 4.99 Å². The second-order valence-electron chi connectivity index (χ2n) is 7.48. The number of hydrogen-bond acceptors (Lipinski definition) is 5. The molecule has 3 rings (SSSR count). The number of aryl methyl sites for hydroxylation is 4. The number of guanidine groups is 1. The molecule has 1 aliphatic heterocycles. The van der Waals surface area contributed by atoms with Crippen LogP contribution in [0.5, 0.6) is 0 Å². The second-order valence-corrected chi connectivity index (χ2v) is 7.48. The molecular formula is C20H34N8O. The van der Waals surface area contributed by atoms with Gasteiger partial charge in [-0.15, -0.1) is 10.2 Å². The number of hydrogen-bond donors (Lipinski definition) is 2. The summed E-state index contributed by atoms with van der Waals surface area (Å²) < 4.78 is 9.84. The van der Waals surface area contributed by atoms with Gasteiger partial charge in [-0.25, -0.2) is 0 Å². The minimum absolute atomic E-state index is 0.243. The van der Waals surface area contributed by atoms with E-state index in [0.717, 1.165) is 75.9 Å². The van der Waals surface area contributed by atoms with Gasteiger partial charge >= 0.3 is 0 Å². The molecule has 0 amide bonds. The van der Waals surface area contributed by atoms with Crippen LogP contribution in [0.15, 0.2) is 17.4 Å². The van der Waals surface area contributed by atoms with E-state index >= 15 is 0 Å². The van der Waals surface area contributed by atoms with Crippen LogP contribution in [0.25, 0.3) is 0 Å². The fraction of sp³-hybridized carbons (Fsp3) is 0.700. The van der Waals surface area contributed by atoms with Gasteiger partial charge in [0.2, 0.25) is 0 Å². The van der Waals surface area contributed by atoms with E-state index in [0.29, 0.717) is 6.54 Å². The Balaban J connectivity index is 1.47. The van der Waals surface area contributed by atoms with E-state index in [9.17, 15) is 0 Å². The minimum atomic E-state index is 0.243. The molecule has 2 aromatic heterocycles. The van der Waals surface area contributed by atoms with Crippen molar-refractivity contribution < 1.29 is 4.74 Å². The Morgan fingerprint density at radius 3 is 2.86 bits per heavy atom. The van der Waals surface area contributed by atoms with Gasteiger partial charge in [0, 0.05) is 44.9 Å². The maximum atomic E-state index is 5.70. The van der Waals surface area contributed by atoms with Gasteiger partial charge in [0.1, 0.15) is 12.2 Å². The van der Waals surface area contributed by atoms with Crippen LogP contribution in [-0.2, 0) is 24.2 Å². The highest BCUT2D eigenvalue weighted by Crippen LogP contribution is 2.11. The average Bonchev–Trinajstić information content (AvgIpc) is 3.44. The molecule has 2 aromatic rings. The molecular weight excluding hydrogens is 368 g/mol. The topological polar surface area (TPSA) is 94.2 Å². The lowest BCUT2D eigenvalue weighted by molar-refractivity contribution is 0.117. The molecule has 0 aliphatic carbocycles. The van der Waals surface area contributed by atoms with Crippen molar-refractivity contribution in [3.8, 4) is 0 Å². The van der Waals surface area contributed by atoms with Gasteiger partial charge in [-0.1, -0.05) is 6.92 Å². The Morgan fingerprint density at radius 2 is 2.14 bits per heavy atom. The molecule has 1 atom stereocenters. The van der Waals surface area contributed by atoms with Crippen molar-refractivity contribution in [3.63, 3.8) is 0 Å². The summed E-state index contributed by atoms with van der Waals surface area (Å²) in [7, 11) is 0. The van der Waals surface area contributed by atoms with Gasteiger partial charge in [0.05, 0.1) is 18.3 Å². The first kappa shape index (κ1) is 21.3. The third-order valence-electron chi connectivity index (χ3n) is 5.08. The monoisotopic (exact) mass is 402 g/mol. The fourth-order valence-corrected chi connectivity index (χ4v) is 3.53. The molecule has 160 valence electrons. The minimum Gasteiger partial charge on any atom is -0.376 e. The van der Waals surface area contributed by atoms with Gasteiger partial charge in [-0.3, -0.25) is 9.67 Å². The van der Waals surface area contributed by atoms with Gasteiger partial charge < -0.3 is 19.9 Å². The molecule has 0 bridgehead atoms. The molecule has 0 spiro atoms. The van der Waals surface area contributed by atoms with Crippen LogP contribution < -0.4 is 10.6 Å². The van der Waals surface area contributed by atoms with Crippen molar-refractivity contribution in [2.75, 3.05) is 26.2 Å². The summed E-state index contributed by atoms with van der Waals surface area (Å²) in [6.45, 7) is 11.1. The highest BCUT2D eigenvalue weighted by molar-refractivity contribution is 5.79. The number of nitrogens with zero attached hydrogens (tertiary/aromatic N) is 6. The lowest BCUT2D eigenvalue weighted by atomic mass is 10.2. The number of rotatable bonds is 10. The summed E-state index contributed by atoms with van der Waals surface area (Å²) in [5.41, 5.74) is 2.27. The number of nitrogens with one attached hydrogen (secondary N) is 2. The first-order valence-electron chi connectivity index (χ1n) is 10.7. The highest BCUT2D eigenvalue weighted by Gasteiger charge is 2.15. The third-order valence-corrected chi connectivity index (χ3v) is 5.08.